The molecule has 2 bridgehead atoms. The highest BCUT2D eigenvalue weighted by atomic mass is 32.2. The van der Waals surface area contributed by atoms with E-state index in [4.69, 9.17) is 23.7 Å². The maximum Gasteiger partial charge on any atom is 0.573 e. The molecule has 12 nitrogen and oxygen atoms in total. The molecule has 3 aliphatic heterocycles. The number of carbonyl (C=O) groups is 3. The number of carbonyl (C=O) groups excluding carboxylic acids is 3. The maximum absolute atomic E-state index is 13.2. The Labute approximate surface area is 238 Å². The molecule has 1 aromatic carbocycles. The fourth-order valence-electron chi connectivity index (χ4n) is 6.18. The van der Waals surface area contributed by atoms with Crippen LogP contribution < -0.4 is 9.47 Å². The fraction of sp³-hybridized carbons (Fsp3) is 0.654. The predicted octanol–water partition coefficient (Wildman–Crippen LogP) is 2.49. The first-order chi connectivity index (χ1) is 19.6. The highest BCUT2D eigenvalue weighted by molar-refractivity contribution is 7.85. The summed E-state index contributed by atoms with van der Waals surface area (Å²) in [5, 5.41) is 0. The van der Waals surface area contributed by atoms with Gasteiger partial charge in [-0.1, -0.05) is 13.8 Å². The van der Waals surface area contributed by atoms with Gasteiger partial charge in [0.25, 0.3) is 0 Å². The van der Waals surface area contributed by atoms with E-state index in [9.17, 15) is 40.5 Å². The monoisotopic (exact) mass is 621 g/mol. The molecule has 0 aromatic heterocycles. The number of esters is 3. The molecule has 0 spiro atoms. The zero-order valence-electron chi connectivity index (χ0n) is 22.5. The lowest BCUT2D eigenvalue weighted by Crippen LogP contribution is -2.48. The van der Waals surface area contributed by atoms with Crippen LogP contribution in [0.1, 0.15) is 49.9 Å². The second-order valence-corrected chi connectivity index (χ2v) is 12.6. The molecular formula is C26H28F3O12S-. The molecule has 232 valence electrons. The molecule has 0 amide bonds. The standard InChI is InChI=1S/C26H29F3O12S/c1-12(2)25(7-3-4-8-25)40-15-11-13(5-6-14(15)41-26(27,28)29)22(30)38-20-18-16(23(31)36-9-10-42(33,34)35)17-19(37-18)21(20)39-24(17)32/h5-6,11-12,16-21H,3-4,7-10H2,1-2H3,(H,33,34,35)/p-1. The van der Waals surface area contributed by atoms with Gasteiger partial charge >= 0.3 is 24.3 Å². The van der Waals surface area contributed by atoms with Crippen LogP contribution >= 0.6 is 0 Å². The van der Waals surface area contributed by atoms with E-state index in [0.717, 1.165) is 31.0 Å². The van der Waals surface area contributed by atoms with Crippen molar-refractivity contribution >= 4 is 28.0 Å². The Morgan fingerprint density at radius 2 is 1.81 bits per heavy atom. The van der Waals surface area contributed by atoms with E-state index < -0.39 is 94.4 Å². The SMILES string of the molecule is CC(C)C1(Oc2cc(C(=O)OC3C4OC(=O)C5C4OC3C5C(=O)OCCS(=O)(=O)[O-])ccc2OC(F)(F)F)CCCC1. The number of benzene rings is 1. The third-order valence-electron chi connectivity index (χ3n) is 8.22. The van der Waals surface area contributed by atoms with Gasteiger partial charge in [-0.2, -0.15) is 0 Å². The van der Waals surface area contributed by atoms with Crippen molar-refractivity contribution in [3.05, 3.63) is 23.8 Å². The van der Waals surface area contributed by atoms with Crippen LogP contribution in [0.5, 0.6) is 11.5 Å². The van der Waals surface area contributed by atoms with Crippen LogP contribution in [0.2, 0.25) is 0 Å². The lowest BCUT2D eigenvalue weighted by Gasteiger charge is -2.35. The summed E-state index contributed by atoms with van der Waals surface area (Å²) in [5.41, 5.74) is -0.962. The van der Waals surface area contributed by atoms with E-state index >= 15 is 0 Å². The largest absolute Gasteiger partial charge is 0.748 e. The second-order valence-electron chi connectivity index (χ2n) is 11.1. The minimum atomic E-state index is -5.02. The lowest BCUT2D eigenvalue weighted by molar-refractivity contribution is -0.275. The van der Waals surface area contributed by atoms with Gasteiger partial charge < -0.3 is 33.0 Å². The molecule has 4 fully saturated rings. The van der Waals surface area contributed by atoms with Crippen molar-refractivity contribution in [1.82, 2.24) is 0 Å². The minimum Gasteiger partial charge on any atom is -0.748 e. The van der Waals surface area contributed by atoms with Crippen LogP contribution in [-0.4, -0.2) is 79.6 Å². The second kappa shape index (κ2) is 10.9. The Morgan fingerprint density at radius 3 is 2.43 bits per heavy atom. The van der Waals surface area contributed by atoms with E-state index in [1.165, 1.54) is 0 Å². The number of hydrogen-bond acceptors (Lipinski definition) is 12. The molecule has 3 heterocycles. The summed E-state index contributed by atoms with van der Waals surface area (Å²) in [6.07, 6.45) is -6.66. The third-order valence-corrected chi connectivity index (χ3v) is 8.88. The summed E-state index contributed by atoms with van der Waals surface area (Å²) in [6.45, 7) is 3.03. The molecule has 1 aliphatic carbocycles. The molecule has 4 aliphatic rings. The van der Waals surface area contributed by atoms with Gasteiger partial charge in [-0.3, -0.25) is 9.59 Å². The summed E-state index contributed by atoms with van der Waals surface area (Å²) >= 11 is 0. The minimum absolute atomic E-state index is 0.0593. The highest BCUT2D eigenvalue weighted by Crippen LogP contribution is 2.52. The Kier molecular flexibility index (Phi) is 7.85. The third kappa shape index (κ3) is 5.88. The van der Waals surface area contributed by atoms with Gasteiger partial charge in [-0.05, 0) is 49.8 Å². The first-order valence-corrected chi connectivity index (χ1v) is 14.9. The predicted molar refractivity (Wildman–Crippen MR) is 130 cm³/mol. The molecule has 5 rings (SSSR count). The van der Waals surface area contributed by atoms with Gasteiger partial charge in [0.15, 0.2) is 23.7 Å². The first-order valence-electron chi connectivity index (χ1n) is 13.3. The molecule has 1 aromatic rings. The molecule has 42 heavy (non-hydrogen) atoms. The molecular weight excluding hydrogens is 593 g/mol. The van der Waals surface area contributed by atoms with Gasteiger partial charge in [0.05, 0.1) is 21.4 Å². The number of rotatable bonds is 10. The Bertz CT molecular complexity index is 1350. The van der Waals surface area contributed by atoms with Gasteiger partial charge in [-0.25, -0.2) is 13.2 Å². The molecule has 6 atom stereocenters. The zero-order valence-corrected chi connectivity index (χ0v) is 23.3. The van der Waals surface area contributed by atoms with Gasteiger partial charge in [-0.15, -0.1) is 13.2 Å². The van der Waals surface area contributed by atoms with Crippen molar-refractivity contribution in [2.24, 2.45) is 17.8 Å². The molecule has 6 unspecified atom stereocenters. The van der Waals surface area contributed by atoms with Crippen molar-refractivity contribution in [1.29, 1.82) is 0 Å². The van der Waals surface area contributed by atoms with E-state index in [-0.39, 0.29) is 17.2 Å². The Hall–Kier alpha value is -3.11. The number of hydrogen-bond donors (Lipinski definition) is 0. The van der Waals surface area contributed by atoms with Crippen LogP contribution in [0.25, 0.3) is 0 Å². The van der Waals surface area contributed by atoms with Crippen LogP contribution in [-0.2, 0) is 38.7 Å². The van der Waals surface area contributed by atoms with Crippen LogP contribution in [0.4, 0.5) is 13.2 Å². The quantitative estimate of drug-likeness (QED) is 0.213. The van der Waals surface area contributed by atoms with Crippen molar-refractivity contribution in [2.75, 3.05) is 12.4 Å². The van der Waals surface area contributed by atoms with E-state index in [1.54, 1.807) is 0 Å². The van der Waals surface area contributed by atoms with E-state index in [1.807, 2.05) is 13.8 Å². The van der Waals surface area contributed by atoms with Gasteiger partial charge in [0.1, 0.15) is 36.3 Å². The maximum atomic E-state index is 13.2. The Balaban J connectivity index is 1.36. The van der Waals surface area contributed by atoms with Crippen molar-refractivity contribution in [2.45, 2.75) is 75.9 Å². The lowest BCUT2D eigenvalue weighted by atomic mass is 9.78. The summed E-state index contributed by atoms with van der Waals surface area (Å²) in [7, 11) is -4.67. The van der Waals surface area contributed by atoms with Crippen LogP contribution in [0, 0.1) is 17.8 Å². The van der Waals surface area contributed by atoms with Crippen LogP contribution in [0.3, 0.4) is 0 Å². The molecule has 1 saturated carbocycles. The number of alkyl halides is 3. The summed E-state index contributed by atoms with van der Waals surface area (Å²) in [4.78, 5) is 38.4. The first kappa shape index (κ1) is 30.4. The average Bonchev–Trinajstić information content (AvgIpc) is 3.62. The molecule has 3 saturated heterocycles. The zero-order chi connectivity index (χ0) is 30.6. The molecule has 0 radical (unpaired) electrons. The van der Waals surface area contributed by atoms with Crippen molar-refractivity contribution in [3.63, 3.8) is 0 Å². The fourth-order valence-corrected chi connectivity index (χ4v) is 6.47. The average molecular weight is 622 g/mol. The normalized spacial score (nSPS) is 29.5. The molecule has 16 heteroatoms. The molecule has 0 N–H and O–H groups in total. The van der Waals surface area contributed by atoms with Crippen molar-refractivity contribution in [3.8, 4) is 11.5 Å². The van der Waals surface area contributed by atoms with Crippen molar-refractivity contribution < 1.29 is 68.9 Å². The number of fused-ring (bicyclic) bond motifs is 1. The number of halogens is 3. The van der Waals surface area contributed by atoms with Gasteiger partial charge in [0, 0.05) is 0 Å². The topological polar surface area (TPSA) is 164 Å². The van der Waals surface area contributed by atoms with Gasteiger partial charge in [0.2, 0.25) is 0 Å². The highest BCUT2D eigenvalue weighted by Gasteiger charge is 2.72. The number of ether oxygens (including phenoxy) is 6. The summed E-state index contributed by atoms with van der Waals surface area (Å²) < 4.78 is 104. The Morgan fingerprint density at radius 1 is 1.12 bits per heavy atom. The van der Waals surface area contributed by atoms with E-state index in [0.29, 0.717) is 12.8 Å². The summed E-state index contributed by atoms with van der Waals surface area (Å²) in [6, 6.07) is 3.08. The summed E-state index contributed by atoms with van der Waals surface area (Å²) in [5.74, 6) is -7.21. The smallest absolute Gasteiger partial charge is 0.573 e. The van der Waals surface area contributed by atoms with E-state index in [2.05, 4.69) is 4.74 Å². The van der Waals surface area contributed by atoms with Crippen LogP contribution in [0.15, 0.2) is 18.2 Å².